The average molecular weight is 801 g/mol. The highest BCUT2D eigenvalue weighted by atomic mass is 16.5. The molecule has 2 fully saturated rings. The van der Waals surface area contributed by atoms with Crippen molar-refractivity contribution in [2.75, 3.05) is 107 Å². The van der Waals surface area contributed by atoms with Crippen molar-refractivity contribution in [1.82, 2.24) is 30.2 Å². The monoisotopic (exact) mass is 801 g/mol. The molecular formula is C50H84N6O2. The molecule has 0 aromatic heterocycles. The second-order valence-electron chi connectivity index (χ2n) is 20.7. The number of benzene rings is 2. The van der Waals surface area contributed by atoms with E-state index in [-0.39, 0.29) is 10.8 Å². The van der Waals surface area contributed by atoms with Crippen molar-refractivity contribution in [2.24, 2.45) is 22.7 Å². The maximum atomic E-state index is 6.39. The fraction of sp³-hybridized carbons (Fsp3) is 0.760. The van der Waals surface area contributed by atoms with Crippen molar-refractivity contribution in [3.05, 3.63) is 58.7 Å². The van der Waals surface area contributed by atoms with E-state index in [4.69, 9.17) is 9.47 Å². The molecule has 2 saturated heterocycles. The minimum absolute atomic E-state index is 0.0316. The first-order valence-electron chi connectivity index (χ1n) is 23.6. The van der Waals surface area contributed by atoms with E-state index in [0.717, 1.165) is 75.6 Å². The number of rotatable bonds is 23. The van der Waals surface area contributed by atoms with Crippen molar-refractivity contribution in [3.63, 3.8) is 0 Å². The van der Waals surface area contributed by atoms with Gasteiger partial charge in [-0.05, 0) is 214 Å². The molecule has 326 valence electrons. The number of ether oxygens (including phenoxy) is 2. The van der Waals surface area contributed by atoms with Crippen LogP contribution in [0.4, 0.5) is 0 Å². The predicted molar refractivity (Wildman–Crippen MR) is 244 cm³/mol. The van der Waals surface area contributed by atoms with E-state index in [9.17, 15) is 0 Å². The Hall–Kier alpha value is -2.20. The molecule has 4 aliphatic rings. The lowest BCUT2D eigenvalue weighted by Gasteiger charge is -2.50. The van der Waals surface area contributed by atoms with E-state index >= 15 is 0 Å². The Balaban J connectivity index is 0.939. The van der Waals surface area contributed by atoms with Gasteiger partial charge in [0.2, 0.25) is 0 Å². The van der Waals surface area contributed by atoms with Crippen molar-refractivity contribution in [1.29, 1.82) is 0 Å². The van der Waals surface area contributed by atoms with Gasteiger partial charge in [0.1, 0.15) is 11.5 Å². The van der Waals surface area contributed by atoms with Crippen molar-refractivity contribution >= 4 is 0 Å². The van der Waals surface area contributed by atoms with Crippen molar-refractivity contribution < 1.29 is 9.47 Å². The summed E-state index contributed by atoms with van der Waals surface area (Å²) in [5.41, 5.74) is 6.19. The number of hydrogen-bond acceptors (Lipinski definition) is 8. The molecule has 2 aliphatic heterocycles. The Kier molecular flexibility index (Phi) is 16.8. The Labute approximate surface area is 355 Å². The molecular weight excluding hydrogens is 717 g/mol. The van der Waals surface area contributed by atoms with Gasteiger partial charge in [-0.25, -0.2) is 0 Å². The lowest BCUT2D eigenvalue weighted by molar-refractivity contribution is 0.0323. The molecule has 4 atom stereocenters. The molecule has 0 spiro atoms. The molecule has 2 N–H and O–H groups in total. The third-order valence-corrected chi connectivity index (χ3v) is 14.0. The van der Waals surface area contributed by atoms with Crippen LogP contribution in [0.15, 0.2) is 36.4 Å². The van der Waals surface area contributed by atoms with Crippen LogP contribution in [0, 0.1) is 22.7 Å². The van der Waals surface area contributed by atoms with E-state index in [1.807, 2.05) is 0 Å². The van der Waals surface area contributed by atoms with Gasteiger partial charge in [-0.3, -0.25) is 0 Å². The van der Waals surface area contributed by atoms with E-state index in [2.05, 4.69) is 123 Å². The minimum atomic E-state index is 0.0316. The minimum Gasteiger partial charge on any atom is -0.494 e. The summed E-state index contributed by atoms with van der Waals surface area (Å²) >= 11 is 0. The fourth-order valence-electron chi connectivity index (χ4n) is 11.4. The average Bonchev–Trinajstić information content (AvgIpc) is 3.90. The van der Waals surface area contributed by atoms with Crippen LogP contribution in [0.5, 0.6) is 11.5 Å². The molecule has 0 saturated carbocycles. The van der Waals surface area contributed by atoms with Gasteiger partial charge in [0, 0.05) is 38.3 Å². The molecule has 2 aliphatic carbocycles. The van der Waals surface area contributed by atoms with Gasteiger partial charge in [0.25, 0.3) is 0 Å². The van der Waals surface area contributed by atoms with Gasteiger partial charge < -0.3 is 39.7 Å². The molecule has 0 radical (unpaired) electrons. The van der Waals surface area contributed by atoms with Gasteiger partial charge in [0.05, 0.1) is 13.2 Å². The van der Waals surface area contributed by atoms with Gasteiger partial charge in [0.15, 0.2) is 0 Å². The normalized spacial score (nSPS) is 21.7. The first kappa shape index (κ1) is 45.3. The third-order valence-electron chi connectivity index (χ3n) is 14.0. The Morgan fingerprint density at radius 1 is 0.672 bits per heavy atom. The van der Waals surface area contributed by atoms with E-state index in [1.54, 1.807) is 11.1 Å². The Morgan fingerprint density at radius 2 is 1.17 bits per heavy atom. The van der Waals surface area contributed by atoms with Crippen LogP contribution in [0.2, 0.25) is 0 Å². The number of fused-ring (bicyclic) bond motifs is 2. The quantitative estimate of drug-likeness (QED) is 0.113. The molecule has 6 rings (SSSR count). The van der Waals surface area contributed by atoms with Crippen LogP contribution < -0.4 is 20.1 Å². The third kappa shape index (κ3) is 13.1. The molecule has 8 heteroatoms. The summed E-state index contributed by atoms with van der Waals surface area (Å²) in [6.07, 6.45) is 15.0. The number of nitrogens with zero attached hydrogens (tertiary/aromatic N) is 4. The largest absolute Gasteiger partial charge is 0.494 e. The van der Waals surface area contributed by atoms with Crippen LogP contribution in [0.1, 0.15) is 101 Å². The lowest BCUT2D eigenvalue weighted by Crippen LogP contribution is -2.63. The number of hydrogen-bond donors (Lipinski definition) is 2. The van der Waals surface area contributed by atoms with Crippen molar-refractivity contribution in [2.45, 2.75) is 117 Å². The van der Waals surface area contributed by atoms with E-state index in [1.165, 1.54) is 115 Å². The molecule has 4 unspecified atom stereocenters. The van der Waals surface area contributed by atoms with Crippen LogP contribution >= 0.6 is 0 Å². The summed E-state index contributed by atoms with van der Waals surface area (Å²) in [7, 11) is 8.93. The summed E-state index contributed by atoms with van der Waals surface area (Å²) in [6, 6.07) is 14.4. The van der Waals surface area contributed by atoms with Crippen LogP contribution in [-0.2, 0) is 25.7 Å². The van der Waals surface area contributed by atoms with Gasteiger partial charge >= 0.3 is 0 Å². The zero-order valence-electron chi connectivity index (χ0n) is 38.3. The summed E-state index contributed by atoms with van der Waals surface area (Å²) < 4.78 is 12.7. The molecule has 2 heterocycles. The highest BCUT2D eigenvalue weighted by Crippen LogP contribution is 2.36. The number of likely N-dealkylation sites (N-methyl/N-ethyl adjacent to an activating group) is 1. The second-order valence-corrected chi connectivity index (χ2v) is 20.7. The van der Waals surface area contributed by atoms with Gasteiger partial charge in [-0.2, -0.15) is 0 Å². The Morgan fingerprint density at radius 3 is 1.66 bits per heavy atom. The SMILES string of the molecule is CN(C)CC(C)(C)C(NCCCOc1ccc2c(c1)CCC(CN1CCCC1)C2)C(N(C)C)C(C)(C)CNCCCOc1ccc2c(c1)CCC(CN1CCCC1)C2. The smallest absolute Gasteiger partial charge is 0.119 e. The first-order valence-corrected chi connectivity index (χ1v) is 23.6. The second kappa shape index (κ2) is 21.5. The molecule has 2 aromatic rings. The summed E-state index contributed by atoms with van der Waals surface area (Å²) in [6.45, 7) is 22.9. The fourth-order valence-corrected chi connectivity index (χ4v) is 11.4. The maximum absolute atomic E-state index is 6.39. The highest BCUT2D eigenvalue weighted by Gasteiger charge is 2.44. The first-order chi connectivity index (χ1) is 27.9. The van der Waals surface area contributed by atoms with Crippen LogP contribution in [0.25, 0.3) is 0 Å². The number of likely N-dealkylation sites (tertiary alicyclic amines) is 2. The predicted octanol–water partition coefficient (Wildman–Crippen LogP) is 7.42. The maximum Gasteiger partial charge on any atom is 0.119 e. The topological polar surface area (TPSA) is 55.5 Å². The number of aryl methyl sites for hydroxylation is 2. The summed E-state index contributed by atoms with van der Waals surface area (Å²) in [5, 5.41) is 7.93. The molecule has 0 bridgehead atoms. The van der Waals surface area contributed by atoms with Crippen LogP contribution in [0.3, 0.4) is 0 Å². The molecule has 8 nitrogen and oxygen atoms in total. The number of nitrogens with one attached hydrogen (secondary N) is 2. The van der Waals surface area contributed by atoms with Crippen LogP contribution in [-0.4, -0.2) is 139 Å². The molecule has 58 heavy (non-hydrogen) atoms. The summed E-state index contributed by atoms with van der Waals surface area (Å²) in [5.74, 6) is 3.70. The lowest BCUT2D eigenvalue weighted by atomic mass is 9.70. The van der Waals surface area contributed by atoms with Crippen molar-refractivity contribution in [3.8, 4) is 11.5 Å². The molecule has 2 aromatic carbocycles. The van der Waals surface area contributed by atoms with Gasteiger partial charge in [-0.15, -0.1) is 0 Å². The van der Waals surface area contributed by atoms with Gasteiger partial charge in [-0.1, -0.05) is 39.8 Å². The molecule has 0 amide bonds. The Bertz CT molecular complexity index is 1530. The zero-order valence-corrected chi connectivity index (χ0v) is 38.3. The standard InChI is InChI=1S/C50H84N6O2/c1-49(2,37-51-23-13-29-57-45-21-19-41-31-39(15-17-43(41)33-45)35-55-25-9-10-26-55)48(54(7)8)47(50(3,4)38-53(5)6)52-24-14-30-58-46-22-20-42-32-40(16-18-44(42)34-46)36-56-27-11-12-28-56/h19-22,33-34,39-40,47-48,51-52H,9-18,23-32,35-38H2,1-8H3. The van der Waals surface area contributed by atoms with E-state index in [0.29, 0.717) is 12.1 Å². The highest BCUT2D eigenvalue weighted by molar-refractivity contribution is 5.38. The summed E-state index contributed by atoms with van der Waals surface area (Å²) in [4.78, 5) is 10.2. The zero-order chi connectivity index (χ0) is 41.1. The van der Waals surface area contributed by atoms with E-state index < -0.39 is 0 Å².